The van der Waals surface area contributed by atoms with Crippen LogP contribution in [0.15, 0.2) is 84.9 Å². The van der Waals surface area contributed by atoms with E-state index in [0.29, 0.717) is 13.0 Å². The Morgan fingerprint density at radius 2 is 1.21 bits per heavy atom. The fraction of sp³-hybridized carbons (Fsp3) is 0.300. The topological polar surface area (TPSA) is 106 Å². The molecule has 0 aliphatic rings. The highest BCUT2D eigenvalue weighted by atomic mass is 16.6. The molecule has 1 atom stereocenters. The van der Waals surface area contributed by atoms with Gasteiger partial charge in [-0.2, -0.15) is 0 Å². The van der Waals surface area contributed by atoms with Gasteiger partial charge in [0.15, 0.2) is 0 Å². The van der Waals surface area contributed by atoms with Gasteiger partial charge in [-0.25, -0.2) is 9.59 Å². The van der Waals surface area contributed by atoms with Crippen LogP contribution in [0, 0.1) is 0 Å². The predicted octanol–water partition coefficient (Wildman–Crippen LogP) is 4.87. The van der Waals surface area contributed by atoms with Crippen LogP contribution in [0.25, 0.3) is 0 Å². The minimum absolute atomic E-state index is 0.113. The van der Waals surface area contributed by atoms with Crippen LogP contribution in [-0.4, -0.2) is 29.7 Å². The van der Waals surface area contributed by atoms with Crippen molar-refractivity contribution in [3.8, 4) is 0 Å². The maximum Gasteiger partial charge on any atom is 0.408 e. The largest absolute Gasteiger partial charge is 0.445 e. The van der Waals surface area contributed by atoms with Crippen LogP contribution in [0.3, 0.4) is 0 Å². The summed E-state index contributed by atoms with van der Waals surface area (Å²) in [6.07, 6.45) is -0.817. The molecular weight excluding hydrogens is 482 g/mol. The first-order valence-electron chi connectivity index (χ1n) is 12.5. The van der Waals surface area contributed by atoms with E-state index in [9.17, 15) is 14.4 Å². The lowest BCUT2D eigenvalue weighted by atomic mass is 10.1. The van der Waals surface area contributed by atoms with Gasteiger partial charge in [-0.05, 0) is 43.0 Å². The summed E-state index contributed by atoms with van der Waals surface area (Å²) in [4.78, 5) is 37.4. The van der Waals surface area contributed by atoms with Gasteiger partial charge in [0, 0.05) is 19.5 Å². The van der Waals surface area contributed by atoms with Crippen LogP contribution in [0.4, 0.5) is 9.59 Å². The fourth-order valence-electron chi connectivity index (χ4n) is 3.54. The molecule has 200 valence electrons. The summed E-state index contributed by atoms with van der Waals surface area (Å²) >= 11 is 0. The molecule has 0 saturated carbocycles. The highest BCUT2D eigenvalue weighted by molar-refractivity contribution is 5.85. The van der Waals surface area contributed by atoms with Crippen LogP contribution in [-0.2, 0) is 40.4 Å². The third-order valence-corrected chi connectivity index (χ3v) is 5.43. The summed E-state index contributed by atoms with van der Waals surface area (Å²) in [6.45, 7) is 6.15. The zero-order valence-electron chi connectivity index (χ0n) is 22.0. The van der Waals surface area contributed by atoms with Crippen molar-refractivity contribution in [1.82, 2.24) is 16.0 Å². The maximum absolute atomic E-state index is 13.0. The Hall–Kier alpha value is -4.33. The molecule has 3 rings (SSSR count). The van der Waals surface area contributed by atoms with E-state index < -0.39 is 23.8 Å². The second-order valence-corrected chi connectivity index (χ2v) is 9.84. The third kappa shape index (κ3) is 10.3. The lowest BCUT2D eigenvalue weighted by Gasteiger charge is -2.19. The van der Waals surface area contributed by atoms with Gasteiger partial charge in [0.25, 0.3) is 0 Å². The van der Waals surface area contributed by atoms with Gasteiger partial charge >= 0.3 is 12.2 Å². The molecule has 0 fully saturated rings. The number of alkyl carbamates (subject to hydrolysis) is 2. The van der Waals surface area contributed by atoms with Crippen molar-refractivity contribution in [2.24, 2.45) is 0 Å². The van der Waals surface area contributed by atoms with E-state index in [1.165, 1.54) is 0 Å². The lowest BCUT2D eigenvalue weighted by molar-refractivity contribution is -0.123. The van der Waals surface area contributed by atoms with Crippen LogP contribution in [0.2, 0.25) is 0 Å². The van der Waals surface area contributed by atoms with E-state index in [-0.39, 0.29) is 19.1 Å². The van der Waals surface area contributed by atoms with Crippen LogP contribution < -0.4 is 16.0 Å². The monoisotopic (exact) mass is 517 g/mol. The zero-order valence-corrected chi connectivity index (χ0v) is 22.0. The molecule has 0 heterocycles. The number of ether oxygens (including phenoxy) is 2. The van der Waals surface area contributed by atoms with E-state index in [4.69, 9.17) is 9.47 Å². The van der Waals surface area contributed by atoms with Crippen molar-refractivity contribution in [3.05, 3.63) is 107 Å². The molecule has 0 aliphatic carbocycles. The molecule has 8 heteroatoms. The van der Waals surface area contributed by atoms with Crippen molar-refractivity contribution in [1.29, 1.82) is 0 Å². The molecule has 0 unspecified atom stereocenters. The Morgan fingerprint density at radius 3 is 1.76 bits per heavy atom. The number of hydrogen-bond acceptors (Lipinski definition) is 5. The highest BCUT2D eigenvalue weighted by Gasteiger charge is 2.22. The number of amides is 3. The molecule has 0 aliphatic heterocycles. The van der Waals surface area contributed by atoms with Crippen molar-refractivity contribution in [2.45, 2.75) is 58.5 Å². The standard InChI is InChI=1S/C30H35N3O5/c1-30(2,3)38-28(35)32-20-24-16-14-23(15-17-24)19-31-27(34)26(18-22-10-6-4-7-11-22)33-29(36)37-21-25-12-8-5-9-13-25/h4-17,26H,18-21H2,1-3H3,(H,31,34)(H,32,35)(H,33,36)/t26-/m0/s1. The number of carbonyl (C=O) groups is 3. The van der Waals surface area contributed by atoms with Gasteiger partial charge in [0.1, 0.15) is 18.2 Å². The molecule has 3 N–H and O–H groups in total. The fourth-order valence-corrected chi connectivity index (χ4v) is 3.54. The number of rotatable bonds is 10. The normalized spacial score (nSPS) is 11.7. The predicted molar refractivity (Wildman–Crippen MR) is 145 cm³/mol. The van der Waals surface area contributed by atoms with Crippen LogP contribution in [0.5, 0.6) is 0 Å². The molecule has 38 heavy (non-hydrogen) atoms. The third-order valence-electron chi connectivity index (χ3n) is 5.43. The summed E-state index contributed by atoms with van der Waals surface area (Å²) in [5.74, 6) is -0.318. The van der Waals surface area contributed by atoms with Gasteiger partial charge in [-0.1, -0.05) is 84.9 Å². The molecule has 0 spiro atoms. The molecular formula is C30H35N3O5. The minimum atomic E-state index is -0.807. The number of benzene rings is 3. The minimum Gasteiger partial charge on any atom is -0.445 e. The Bertz CT molecular complexity index is 1180. The Kier molecular flexibility index (Phi) is 10.3. The molecule has 3 aromatic carbocycles. The Balaban J connectivity index is 1.53. The summed E-state index contributed by atoms with van der Waals surface area (Å²) in [7, 11) is 0. The molecule has 8 nitrogen and oxygen atoms in total. The van der Waals surface area contributed by atoms with Crippen LogP contribution >= 0.6 is 0 Å². The van der Waals surface area contributed by atoms with Crippen molar-refractivity contribution in [3.63, 3.8) is 0 Å². The summed E-state index contributed by atoms with van der Waals surface area (Å²) in [6, 6.07) is 25.5. The van der Waals surface area contributed by atoms with E-state index in [1.807, 2.05) is 106 Å². The van der Waals surface area contributed by atoms with Gasteiger partial charge in [0.2, 0.25) is 5.91 Å². The van der Waals surface area contributed by atoms with E-state index >= 15 is 0 Å². The van der Waals surface area contributed by atoms with Gasteiger partial charge in [-0.15, -0.1) is 0 Å². The SMILES string of the molecule is CC(C)(C)OC(=O)NCc1ccc(CNC(=O)[C@H](Cc2ccccc2)NC(=O)OCc2ccccc2)cc1. The summed E-state index contributed by atoms with van der Waals surface area (Å²) in [5, 5.41) is 8.31. The highest BCUT2D eigenvalue weighted by Crippen LogP contribution is 2.09. The van der Waals surface area contributed by atoms with Crippen molar-refractivity contribution < 1.29 is 23.9 Å². The van der Waals surface area contributed by atoms with E-state index in [2.05, 4.69) is 16.0 Å². The quantitative estimate of drug-likeness (QED) is 0.356. The van der Waals surface area contributed by atoms with Crippen molar-refractivity contribution >= 4 is 18.1 Å². The first kappa shape index (κ1) is 28.2. The van der Waals surface area contributed by atoms with Gasteiger partial charge in [-0.3, -0.25) is 4.79 Å². The van der Waals surface area contributed by atoms with E-state index in [0.717, 1.165) is 22.3 Å². The second-order valence-electron chi connectivity index (χ2n) is 9.84. The maximum atomic E-state index is 13.0. The lowest BCUT2D eigenvalue weighted by Crippen LogP contribution is -2.48. The molecule has 3 amide bonds. The average molecular weight is 518 g/mol. The number of nitrogens with one attached hydrogen (secondary N) is 3. The number of carbonyl (C=O) groups excluding carboxylic acids is 3. The summed E-state index contributed by atoms with van der Waals surface area (Å²) < 4.78 is 10.6. The molecule has 0 radical (unpaired) electrons. The average Bonchev–Trinajstić information content (AvgIpc) is 2.90. The van der Waals surface area contributed by atoms with Gasteiger partial charge in [0.05, 0.1) is 0 Å². The second kappa shape index (κ2) is 13.8. The molecule has 3 aromatic rings. The Morgan fingerprint density at radius 1 is 0.684 bits per heavy atom. The smallest absolute Gasteiger partial charge is 0.408 e. The zero-order chi connectivity index (χ0) is 27.4. The first-order valence-corrected chi connectivity index (χ1v) is 12.5. The van der Waals surface area contributed by atoms with E-state index in [1.54, 1.807) is 0 Å². The molecule has 0 saturated heterocycles. The first-order chi connectivity index (χ1) is 18.2. The summed E-state index contributed by atoms with van der Waals surface area (Å²) in [5.41, 5.74) is 2.99. The Labute approximate surface area is 223 Å². The van der Waals surface area contributed by atoms with Crippen LogP contribution in [0.1, 0.15) is 43.0 Å². The molecule has 0 bridgehead atoms. The van der Waals surface area contributed by atoms with Crippen molar-refractivity contribution in [2.75, 3.05) is 0 Å². The number of hydrogen-bond donors (Lipinski definition) is 3. The molecule has 0 aromatic heterocycles. The van der Waals surface area contributed by atoms with Gasteiger partial charge < -0.3 is 25.4 Å².